The van der Waals surface area contributed by atoms with Crippen LogP contribution >= 0.6 is 11.8 Å². The van der Waals surface area contributed by atoms with Crippen molar-refractivity contribution in [1.82, 2.24) is 10.3 Å². The number of rotatable bonds is 9. The third-order valence-electron chi connectivity index (χ3n) is 3.11. The third-order valence-corrected chi connectivity index (χ3v) is 4.12. The van der Waals surface area contributed by atoms with Crippen molar-refractivity contribution in [1.29, 1.82) is 0 Å². The van der Waals surface area contributed by atoms with E-state index in [0.29, 0.717) is 31.4 Å². The Labute approximate surface area is 146 Å². The second-order valence-electron chi connectivity index (χ2n) is 4.87. The van der Waals surface area contributed by atoms with Gasteiger partial charge in [0.1, 0.15) is 5.75 Å². The molecule has 0 aliphatic carbocycles. The van der Waals surface area contributed by atoms with E-state index in [1.807, 2.05) is 50.2 Å². The second kappa shape index (κ2) is 9.82. The average molecular weight is 346 g/mol. The van der Waals surface area contributed by atoms with Gasteiger partial charge in [0.25, 0.3) is 0 Å². The molecule has 2 rings (SSSR count). The van der Waals surface area contributed by atoms with Gasteiger partial charge in [-0.15, -0.1) is 11.8 Å². The van der Waals surface area contributed by atoms with E-state index in [1.165, 1.54) is 11.8 Å². The molecule has 128 valence electrons. The molecule has 2 aromatic rings. The van der Waals surface area contributed by atoms with Gasteiger partial charge in [-0.2, -0.15) is 0 Å². The Balaban J connectivity index is 1.79. The van der Waals surface area contributed by atoms with Gasteiger partial charge in [0.2, 0.25) is 11.8 Å². The molecule has 1 heterocycles. The molecule has 0 bridgehead atoms. The summed E-state index contributed by atoms with van der Waals surface area (Å²) in [5, 5.41) is 2.90. The van der Waals surface area contributed by atoms with Gasteiger partial charge in [-0.05, 0) is 44.2 Å². The molecular formula is C18H22N2O3S. The van der Waals surface area contributed by atoms with E-state index in [9.17, 15) is 4.79 Å². The van der Waals surface area contributed by atoms with Crippen LogP contribution in [0.2, 0.25) is 0 Å². The maximum absolute atomic E-state index is 12.0. The van der Waals surface area contributed by atoms with Gasteiger partial charge in [-0.3, -0.25) is 4.79 Å². The van der Waals surface area contributed by atoms with Crippen LogP contribution in [0.25, 0.3) is 0 Å². The maximum Gasteiger partial charge on any atom is 0.230 e. The summed E-state index contributed by atoms with van der Waals surface area (Å²) < 4.78 is 10.8. The normalized spacial score (nSPS) is 10.2. The number of ether oxygens (including phenoxy) is 2. The molecular weight excluding hydrogens is 324 g/mol. The lowest BCUT2D eigenvalue weighted by molar-refractivity contribution is -0.118. The highest BCUT2D eigenvalue weighted by atomic mass is 32.2. The quantitative estimate of drug-likeness (QED) is 0.706. The van der Waals surface area contributed by atoms with E-state index >= 15 is 0 Å². The Morgan fingerprint density at radius 3 is 2.58 bits per heavy atom. The van der Waals surface area contributed by atoms with E-state index in [4.69, 9.17) is 9.47 Å². The highest BCUT2D eigenvalue weighted by Gasteiger charge is 2.07. The van der Waals surface area contributed by atoms with E-state index in [0.717, 1.165) is 16.2 Å². The first kappa shape index (κ1) is 18.1. The Bertz CT molecular complexity index is 647. The van der Waals surface area contributed by atoms with Gasteiger partial charge in [-0.1, -0.05) is 6.07 Å². The van der Waals surface area contributed by atoms with Crippen LogP contribution in [0.15, 0.2) is 47.5 Å². The molecule has 1 amide bonds. The highest BCUT2D eigenvalue weighted by Crippen LogP contribution is 2.21. The molecule has 0 aliphatic heterocycles. The van der Waals surface area contributed by atoms with Crippen LogP contribution in [-0.2, 0) is 11.3 Å². The number of nitrogens with zero attached hydrogens (tertiary/aromatic N) is 1. The fourth-order valence-electron chi connectivity index (χ4n) is 2.02. The van der Waals surface area contributed by atoms with E-state index < -0.39 is 0 Å². The topological polar surface area (TPSA) is 60.5 Å². The number of thioether (sulfide) groups is 1. The van der Waals surface area contributed by atoms with E-state index in [-0.39, 0.29) is 5.91 Å². The standard InChI is InChI=1S/C18H22N2O3S/c1-3-22-15-7-9-16(10-8-15)24-13-17(21)20-12-14-6-5-11-19-18(14)23-4-2/h5-11H,3-4,12-13H2,1-2H3,(H,20,21). The smallest absolute Gasteiger partial charge is 0.230 e. The first-order chi connectivity index (χ1) is 11.7. The van der Waals surface area contributed by atoms with E-state index in [2.05, 4.69) is 10.3 Å². The number of carbonyl (C=O) groups is 1. The van der Waals surface area contributed by atoms with Crippen molar-refractivity contribution in [2.45, 2.75) is 25.3 Å². The van der Waals surface area contributed by atoms with Crippen molar-refractivity contribution in [2.75, 3.05) is 19.0 Å². The van der Waals surface area contributed by atoms with Gasteiger partial charge >= 0.3 is 0 Å². The Hall–Kier alpha value is -2.21. The maximum atomic E-state index is 12.0. The predicted molar refractivity (Wildman–Crippen MR) is 95.6 cm³/mol. The zero-order chi connectivity index (χ0) is 17.2. The molecule has 0 aliphatic rings. The molecule has 6 heteroatoms. The number of hydrogen-bond donors (Lipinski definition) is 1. The van der Waals surface area contributed by atoms with Gasteiger partial charge < -0.3 is 14.8 Å². The summed E-state index contributed by atoms with van der Waals surface area (Å²) in [5.74, 6) is 1.74. The van der Waals surface area contributed by atoms with Gasteiger partial charge in [0.05, 0.1) is 19.0 Å². The molecule has 0 radical (unpaired) electrons. The summed E-state index contributed by atoms with van der Waals surface area (Å²) in [6.07, 6.45) is 1.68. The number of aromatic nitrogens is 1. The van der Waals surface area contributed by atoms with Crippen LogP contribution in [0.5, 0.6) is 11.6 Å². The molecule has 0 unspecified atom stereocenters. The lowest BCUT2D eigenvalue weighted by Gasteiger charge is -2.10. The number of pyridine rings is 1. The van der Waals surface area contributed by atoms with Crippen LogP contribution in [0, 0.1) is 0 Å². The molecule has 1 N–H and O–H groups in total. The molecule has 1 aromatic carbocycles. The lowest BCUT2D eigenvalue weighted by Crippen LogP contribution is -2.25. The lowest BCUT2D eigenvalue weighted by atomic mass is 10.2. The van der Waals surface area contributed by atoms with Crippen molar-refractivity contribution in [3.63, 3.8) is 0 Å². The fourth-order valence-corrected chi connectivity index (χ4v) is 2.75. The number of benzene rings is 1. The number of amides is 1. The van der Waals surface area contributed by atoms with Crippen LogP contribution in [0.3, 0.4) is 0 Å². The minimum atomic E-state index is -0.0276. The van der Waals surface area contributed by atoms with Crippen LogP contribution < -0.4 is 14.8 Å². The SMILES string of the molecule is CCOc1ccc(SCC(=O)NCc2cccnc2OCC)cc1. The van der Waals surface area contributed by atoms with Crippen molar-refractivity contribution >= 4 is 17.7 Å². The van der Waals surface area contributed by atoms with Crippen molar-refractivity contribution in [2.24, 2.45) is 0 Å². The summed E-state index contributed by atoms with van der Waals surface area (Å²) in [7, 11) is 0. The monoisotopic (exact) mass is 346 g/mol. The largest absolute Gasteiger partial charge is 0.494 e. The molecule has 1 aromatic heterocycles. The summed E-state index contributed by atoms with van der Waals surface area (Å²) in [6, 6.07) is 11.5. The fraction of sp³-hybridized carbons (Fsp3) is 0.333. The van der Waals surface area contributed by atoms with E-state index in [1.54, 1.807) is 6.20 Å². The minimum absolute atomic E-state index is 0.0276. The third kappa shape index (κ3) is 5.77. The van der Waals surface area contributed by atoms with Gasteiger partial charge in [0, 0.05) is 23.2 Å². The number of carbonyl (C=O) groups excluding carboxylic acids is 1. The highest BCUT2D eigenvalue weighted by molar-refractivity contribution is 8.00. The number of hydrogen-bond acceptors (Lipinski definition) is 5. The van der Waals surface area contributed by atoms with Crippen LogP contribution in [0.4, 0.5) is 0 Å². The minimum Gasteiger partial charge on any atom is -0.494 e. The molecule has 0 atom stereocenters. The molecule has 0 saturated carbocycles. The second-order valence-corrected chi connectivity index (χ2v) is 5.92. The molecule has 0 saturated heterocycles. The zero-order valence-corrected chi connectivity index (χ0v) is 14.8. The number of nitrogens with one attached hydrogen (secondary N) is 1. The van der Waals surface area contributed by atoms with Gasteiger partial charge in [-0.25, -0.2) is 4.98 Å². The Morgan fingerprint density at radius 1 is 1.12 bits per heavy atom. The Kier molecular flexibility index (Phi) is 7.42. The first-order valence-corrected chi connectivity index (χ1v) is 8.90. The van der Waals surface area contributed by atoms with Crippen LogP contribution in [0.1, 0.15) is 19.4 Å². The molecule has 5 nitrogen and oxygen atoms in total. The Morgan fingerprint density at radius 2 is 1.88 bits per heavy atom. The predicted octanol–water partition coefficient (Wildman–Crippen LogP) is 3.29. The zero-order valence-electron chi connectivity index (χ0n) is 14.0. The molecule has 0 spiro atoms. The van der Waals surface area contributed by atoms with Gasteiger partial charge in [0.15, 0.2) is 0 Å². The average Bonchev–Trinajstić information content (AvgIpc) is 2.61. The van der Waals surface area contributed by atoms with Crippen molar-refractivity contribution < 1.29 is 14.3 Å². The van der Waals surface area contributed by atoms with Crippen molar-refractivity contribution in [3.8, 4) is 11.6 Å². The van der Waals surface area contributed by atoms with Crippen LogP contribution in [-0.4, -0.2) is 29.9 Å². The summed E-state index contributed by atoms with van der Waals surface area (Å²) >= 11 is 1.49. The molecule has 0 fully saturated rings. The first-order valence-electron chi connectivity index (χ1n) is 7.92. The summed E-state index contributed by atoms with van der Waals surface area (Å²) in [6.45, 7) is 5.46. The summed E-state index contributed by atoms with van der Waals surface area (Å²) in [5.41, 5.74) is 0.874. The van der Waals surface area contributed by atoms with Crippen molar-refractivity contribution in [3.05, 3.63) is 48.2 Å². The molecule has 24 heavy (non-hydrogen) atoms. The summed E-state index contributed by atoms with van der Waals surface area (Å²) in [4.78, 5) is 17.2.